The fraction of sp³-hybridized carbons (Fsp3) is 0.750. The van der Waals surface area contributed by atoms with Crippen molar-refractivity contribution < 1.29 is 19.1 Å². The molecule has 1 N–H and O–H groups in total. The van der Waals surface area contributed by atoms with Crippen molar-refractivity contribution in [1.29, 1.82) is 0 Å². The van der Waals surface area contributed by atoms with E-state index in [0.29, 0.717) is 12.4 Å². The van der Waals surface area contributed by atoms with Gasteiger partial charge in [-0.15, -0.1) is 11.8 Å². The molecular formula is C8H13NO4S. The number of hydrogen-bond donors (Lipinski definition) is 1. The molecule has 14 heavy (non-hydrogen) atoms. The minimum atomic E-state index is -0.450. The molecule has 1 aliphatic heterocycles. The topological polar surface area (TPSA) is 64.6 Å². The normalized spacial score (nSPS) is 25.9. The highest BCUT2D eigenvalue weighted by molar-refractivity contribution is 8.00. The van der Waals surface area contributed by atoms with Crippen molar-refractivity contribution >= 4 is 23.7 Å². The molecule has 5 nitrogen and oxygen atoms in total. The van der Waals surface area contributed by atoms with E-state index in [-0.39, 0.29) is 11.9 Å². The molecule has 0 amide bonds. The molecule has 80 valence electrons. The van der Waals surface area contributed by atoms with E-state index in [9.17, 15) is 9.59 Å². The molecule has 0 radical (unpaired) electrons. The van der Waals surface area contributed by atoms with Crippen LogP contribution in [0.25, 0.3) is 0 Å². The molecule has 1 unspecified atom stereocenters. The van der Waals surface area contributed by atoms with Crippen LogP contribution in [0.3, 0.4) is 0 Å². The number of rotatable bonds is 3. The lowest BCUT2D eigenvalue weighted by atomic mass is 10.3. The molecule has 2 atom stereocenters. The summed E-state index contributed by atoms with van der Waals surface area (Å²) in [5.74, 6) is -0.133. The Morgan fingerprint density at radius 1 is 1.50 bits per heavy atom. The predicted molar refractivity (Wildman–Crippen MR) is 51.8 cm³/mol. The quantitative estimate of drug-likeness (QED) is 0.661. The molecular weight excluding hydrogens is 206 g/mol. The van der Waals surface area contributed by atoms with E-state index < -0.39 is 11.4 Å². The van der Waals surface area contributed by atoms with Crippen molar-refractivity contribution in [3.05, 3.63) is 0 Å². The third kappa shape index (κ3) is 2.62. The fourth-order valence-electron chi connectivity index (χ4n) is 1.09. The van der Waals surface area contributed by atoms with Crippen molar-refractivity contribution in [3.63, 3.8) is 0 Å². The maximum Gasteiger partial charge on any atom is 0.333 e. The number of carbonyl (C=O) groups is 2. The monoisotopic (exact) mass is 219 g/mol. The van der Waals surface area contributed by atoms with Crippen LogP contribution in [-0.4, -0.2) is 42.8 Å². The Bertz CT molecular complexity index is 233. The van der Waals surface area contributed by atoms with Crippen molar-refractivity contribution in [3.8, 4) is 0 Å². The van der Waals surface area contributed by atoms with Gasteiger partial charge >= 0.3 is 11.9 Å². The van der Waals surface area contributed by atoms with Crippen molar-refractivity contribution in [2.45, 2.75) is 18.3 Å². The zero-order valence-corrected chi connectivity index (χ0v) is 8.93. The van der Waals surface area contributed by atoms with Crippen LogP contribution in [0.15, 0.2) is 0 Å². The number of methoxy groups -OCH3 is 1. The second-order valence-electron chi connectivity index (χ2n) is 2.71. The average molecular weight is 219 g/mol. The van der Waals surface area contributed by atoms with Gasteiger partial charge in [-0.25, -0.2) is 4.79 Å². The van der Waals surface area contributed by atoms with E-state index in [0.717, 1.165) is 0 Å². The summed E-state index contributed by atoms with van der Waals surface area (Å²) in [4.78, 5) is 22.3. The lowest BCUT2D eigenvalue weighted by Crippen LogP contribution is -2.41. The lowest BCUT2D eigenvalue weighted by Gasteiger charge is -2.10. The van der Waals surface area contributed by atoms with Gasteiger partial charge in [0.1, 0.15) is 6.04 Å². The third-order valence-corrected chi connectivity index (χ3v) is 2.96. The highest BCUT2D eigenvalue weighted by Crippen LogP contribution is 2.20. The molecule has 0 aromatic carbocycles. The molecule has 0 aliphatic carbocycles. The Morgan fingerprint density at radius 3 is 2.79 bits per heavy atom. The molecule has 0 aromatic rings. The second-order valence-corrected chi connectivity index (χ2v) is 3.85. The van der Waals surface area contributed by atoms with Gasteiger partial charge in [0.25, 0.3) is 0 Å². The molecule has 1 fully saturated rings. The number of ether oxygens (including phenoxy) is 2. The van der Waals surface area contributed by atoms with Gasteiger partial charge in [-0.3, -0.25) is 10.1 Å². The van der Waals surface area contributed by atoms with Crippen molar-refractivity contribution in [2.75, 3.05) is 19.5 Å². The van der Waals surface area contributed by atoms with E-state index in [1.165, 1.54) is 18.9 Å². The minimum Gasteiger partial charge on any atom is -0.467 e. The number of esters is 2. The molecule has 1 heterocycles. The SMILES string of the molecule is CCOC(=O)[C@@H]1CSC(C(=O)OC)N1. The van der Waals surface area contributed by atoms with Gasteiger partial charge in [0.2, 0.25) is 0 Å². The van der Waals surface area contributed by atoms with Crippen molar-refractivity contribution in [2.24, 2.45) is 0 Å². The first-order valence-corrected chi connectivity index (χ1v) is 5.36. The summed E-state index contributed by atoms with van der Waals surface area (Å²) in [5.41, 5.74) is 0. The third-order valence-electron chi connectivity index (χ3n) is 1.77. The van der Waals surface area contributed by atoms with Crippen LogP contribution in [0.4, 0.5) is 0 Å². The number of thioether (sulfide) groups is 1. The van der Waals surface area contributed by atoms with Crippen LogP contribution in [0.2, 0.25) is 0 Å². The zero-order valence-electron chi connectivity index (χ0n) is 8.11. The first-order chi connectivity index (χ1) is 6.69. The molecule has 0 bridgehead atoms. The molecule has 0 saturated carbocycles. The molecule has 1 rings (SSSR count). The fourth-order valence-corrected chi connectivity index (χ4v) is 2.20. The summed E-state index contributed by atoms with van der Waals surface area (Å²) in [7, 11) is 1.32. The minimum absolute atomic E-state index is 0.314. The Kier molecular flexibility index (Phi) is 4.21. The Morgan fingerprint density at radius 2 is 2.21 bits per heavy atom. The molecule has 0 aromatic heterocycles. The van der Waals surface area contributed by atoms with Crippen molar-refractivity contribution in [1.82, 2.24) is 5.32 Å². The highest BCUT2D eigenvalue weighted by Gasteiger charge is 2.35. The first kappa shape index (κ1) is 11.3. The summed E-state index contributed by atoms with van der Waals surface area (Å²) < 4.78 is 9.37. The molecule has 6 heteroatoms. The molecule has 1 saturated heterocycles. The molecule has 1 aliphatic rings. The Balaban J connectivity index is 2.41. The van der Waals surface area contributed by atoms with Crippen LogP contribution in [-0.2, 0) is 19.1 Å². The number of hydrogen-bond acceptors (Lipinski definition) is 6. The van der Waals surface area contributed by atoms with Gasteiger partial charge in [0.05, 0.1) is 13.7 Å². The highest BCUT2D eigenvalue weighted by atomic mass is 32.2. The van der Waals surface area contributed by atoms with E-state index >= 15 is 0 Å². The maximum atomic E-state index is 11.3. The van der Waals surface area contributed by atoms with Crippen LogP contribution in [0, 0.1) is 0 Å². The van der Waals surface area contributed by atoms with Gasteiger partial charge in [-0.05, 0) is 6.92 Å². The van der Waals surface area contributed by atoms with Gasteiger partial charge in [-0.2, -0.15) is 0 Å². The predicted octanol–water partition coefficient (Wildman–Crippen LogP) is -0.246. The van der Waals surface area contributed by atoms with Crippen LogP contribution >= 0.6 is 11.8 Å². The lowest BCUT2D eigenvalue weighted by molar-refractivity contribution is -0.145. The zero-order chi connectivity index (χ0) is 10.6. The van der Waals surface area contributed by atoms with Gasteiger partial charge in [0.15, 0.2) is 5.37 Å². The Hall–Kier alpha value is -0.750. The summed E-state index contributed by atoms with van der Waals surface area (Å²) in [6, 6.07) is -0.399. The van der Waals surface area contributed by atoms with Crippen LogP contribution in [0.1, 0.15) is 6.92 Å². The average Bonchev–Trinajstić information content (AvgIpc) is 2.66. The van der Waals surface area contributed by atoms with Gasteiger partial charge < -0.3 is 9.47 Å². The van der Waals surface area contributed by atoms with E-state index in [1.54, 1.807) is 6.92 Å². The summed E-state index contributed by atoms with van der Waals surface area (Å²) in [6.45, 7) is 2.10. The Labute approximate surface area is 86.5 Å². The summed E-state index contributed by atoms with van der Waals surface area (Å²) >= 11 is 1.35. The van der Waals surface area contributed by atoms with E-state index in [2.05, 4.69) is 10.1 Å². The second kappa shape index (κ2) is 5.21. The van der Waals surface area contributed by atoms with E-state index in [4.69, 9.17) is 4.74 Å². The maximum absolute atomic E-state index is 11.3. The van der Waals surface area contributed by atoms with E-state index in [1.807, 2.05) is 0 Å². The first-order valence-electron chi connectivity index (χ1n) is 4.31. The largest absolute Gasteiger partial charge is 0.467 e. The standard InChI is InChI=1S/C8H13NO4S/c1-3-13-7(10)5-4-14-6(9-5)8(11)12-2/h5-6,9H,3-4H2,1-2H3/t5-,6?/m0/s1. The van der Waals surface area contributed by atoms with Crippen LogP contribution in [0.5, 0.6) is 0 Å². The number of carbonyl (C=O) groups excluding carboxylic acids is 2. The number of nitrogens with one attached hydrogen (secondary N) is 1. The summed E-state index contributed by atoms with van der Waals surface area (Å²) in [5, 5.41) is 2.39. The van der Waals surface area contributed by atoms with Crippen LogP contribution < -0.4 is 5.32 Å². The smallest absolute Gasteiger partial charge is 0.333 e. The molecule has 0 spiro atoms. The van der Waals surface area contributed by atoms with Gasteiger partial charge in [0, 0.05) is 5.75 Å². The summed E-state index contributed by atoms with van der Waals surface area (Å²) in [6.07, 6.45) is 0. The van der Waals surface area contributed by atoms with Gasteiger partial charge in [-0.1, -0.05) is 0 Å².